The second-order valence-electron chi connectivity index (χ2n) is 1.44. The third kappa shape index (κ3) is 7.31. The van der Waals surface area contributed by atoms with Gasteiger partial charge in [-0.2, -0.15) is 13.2 Å². The zero-order chi connectivity index (χ0) is 7.49. The van der Waals surface area contributed by atoms with Crippen molar-refractivity contribution in [2.24, 2.45) is 0 Å². The minimum atomic E-state index is -4.49. The number of hydrogen-bond acceptors (Lipinski definition) is 1. The molecule has 4 heteroatoms. The minimum Gasteiger partial charge on any atom is -0.381 e. The first-order valence-corrected chi connectivity index (χ1v) is 2.19. The van der Waals surface area contributed by atoms with Crippen molar-refractivity contribution in [3.63, 3.8) is 0 Å². The van der Waals surface area contributed by atoms with Crippen LogP contribution in [-0.2, 0) is 0 Å². The van der Waals surface area contributed by atoms with E-state index in [0.29, 0.717) is 0 Å². The van der Waals surface area contributed by atoms with E-state index >= 15 is 0 Å². The summed E-state index contributed by atoms with van der Waals surface area (Å²) >= 11 is 0. The normalized spacial score (nSPS) is 13.9. The van der Waals surface area contributed by atoms with Crippen LogP contribution in [0.3, 0.4) is 0 Å². The zero-order valence-electron chi connectivity index (χ0n) is 4.66. The van der Waals surface area contributed by atoms with Gasteiger partial charge < -0.3 is 5.11 Å². The maximum absolute atomic E-state index is 11.1. The van der Waals surface area contributed by atoms with E-state index in [2.05, 4.69) is 0 Å². The van der Waals surface area contributed by atoms with E-state index in [0.717, 1.165) is 5.92 Å². The number of hydrogen-bond donors (Lipinski definition) is 1. The molecule has 0 rings (SSSR count). The molecule has 1 N–H and O–H groups in total. The molecule has 0 aromatic heterocycles. The molecule has 0 spiro atoms. The highest BCUT2D eigenvalue weighted by Gasteiger charge is 2.22. The summed E-state index contributed by atoms with van der Waals surface area (Å²) in [7, 11) is 0. The summed E-state index contributed by atoms with van der Waals surface area (Å²) in [6, 6.07) is 0. The molecule has 0 aliphatic rings. The van der Waals surface area contributed by atoms with Gasteiger partial charge >= 0.3 is 6.18 Å². The van der Waals surface area contributed by atoms with E-state index in [1.165, 1.54) is 6.92 Å². The molecule has 0 amide bonds. The third-order valence-corrected chi connectivity index (χ3v) is 0.423. The van der Waals surface area contributed by atoms with Gasteiger partial charge in [-0.3, -0.25) is 0 Å². The van der Waals surface area contributed by atoms with Crippen LogP contribution in [0.1, 0.15) is 6.92 Å². The van der Waals surface area contributed by atoms with Gasteiger partial charge in [-0.1, -0.05) is 5.92 Å². The van der Waals surface area contributed by atoms with Crippen molar-refractivity contribution in [2.75, 3.05) is 0 Å². The third-order valence-electron chi connectivity index (χ3n) is 0.423. The average molecular weight is 138 g/mol. The van der Waals surface area contributed by atoms with Crippen LogP contribution in [0.2, 0.25) is 0 Å². The number of alkyl halides is 3. The smallest absolute Gasteiger partial charge is 0.381 e. The van der Waals surface area contributed by atoms with Gasteiger partial charge in [0.1, 0.15) is 6.10 Å². The van der Waals surface area contributed by atoms with Gasteiger partial charge in [0.2, 0.25) is 0 Å². The molecule has 0 fully saturated rings. The minimum absolute atomic E-state index is 0.921. The summed E-state index contributed by atoms with van der Waals surface area (Å²) in [5, 5.41) is 8.24. The van der Waals surface area contributed by atoms with Crippen LogP contribution >= 0.6 is 0 Å². The molecule has 1 nitrogen and oxygen atoms in total. The predicted molar refractivity (Wildman–Crippen MR) is 25.5 cm³/mol. The summed E-state index contributed by atoms with van der Waals surface area (Å²) < 4.78 is 33.4. The molecule has 0 saturated carbocycles. The van der Waals surface area contributed by atoms with Crippen LogP contribution in [0.5, 0.6) is 0 Å². The van der Waals surface area contributed by atoms with E-state index in [4.69, 9.17) is 5.11 Å². The van der Waals surface area contributed by atoms with Crippen molar-refractivity contribution >= 4 is 0 Å². The first-order chi connectivity index (χ1) is 3.92. The summed E-state index contributed by atoms with van der Waals surface area (Å²) in [5.74, 6) is 2.49. The Labute approximate surface area is 50.5 Å². The maximum Gasteiger partial charge on any atom is 0.457 e. The van der Waals surface area contributed by atoms with Crippen molar-refractivity contribution in [3.05, 3.63) is 0 Å². The van der Waals surface area contributed by atoms with Gasteiger partial charge in [0.05, 0.1) is 0 Å². The second kappa shape index (κ2) is 2.74. The SMILES string of the molecule is C[C@@H](O)C#CC(F)(F)F. The lowest BCUT2D eigenvalue weighted by molar-refractivity contribution is -0.0699. The molecule has 52 valence electrons. The topological polar surface area (TPSA) is 20.2 Å². The first-order valence-electron chi connectivity index (χ1n) is 2.19. The molecule has 0 radical (unpaired) electrons. The van der Waals surface area contributed by atoms with Gasteiger partial charge in [0, 0.05) is 5.92 Å². The summed E-state index contributed by atoms with van der Waals surface area (Å²) in [6.07, 6.45) is -5.71. The summed E-state index contributed by atoms with van der Waals surface area (Å²) in [6.45, 7) is 1.17. The largest absolute Gasteiger partial charge is 0.457 e. The summed E-state index contributed by atoms with van der Waals surface area (Å²) in [5.41, 5.74) is 0. The lowest BCUT2D eigenvalue weighted by Gasteiger charge is -1.92. The lowest BCUT2D eigenvalue weighted by Crippen LogP contribution is -2.04. The van der Waals surface area contributed by atoms with Gasteiger partial charge in [-0.25, -0.2) is 0 Å². The highest BCUT2D eigenvalue weighted by molar-refractivity contribution is 5.08. The van der Waals surface area contributed by atoms with Crippen molar-refractivity contribution < 1.29 is 18.3 Å². The summed E-state index contributed by atoms with van der Waals surface area (Å²) in [4.78, 5) is 0. The van der Waals surface area contributed by atoms with Gasteiger partial charge in [-0.15, -0.1) is 0 Å². The Kier molecular flexibility index (Phi) is 2.53. The fourth-order valence-electron chi connectivity index (χ4n) is 0.186. The molecular weight excluding hydrogens is 133 g/mol. The molecule has 1 atom stereocenters. The molecule has 9 heavy (non-hydrogen) atoms. The number of halogens is 3. The van der Waals surface area contributed by atoms with Crippen LogP contribution in [0.4, 0.5) is 13.2 Å². The van der Waals surface area contributed by atoms with Crippen molar-refractivity contribution in [3.8, 4) is 11.8 Å². The van der Waals surface area contributed by atoms with Crippen molar-refractivity contribution in [1.82, 2.24) is 0 Å². The van der Waals surface area contributed by atoms with E-state index in [9.17, 15) is 13.2 Å². The van der Waals surface area contributed by atoms with Crippen LogP contribution in [-0.4, -0.2) is 17.4 Å². The van der Waals surface area contributed by atoms with E-state index in [1.54, 1.807) is 5.92 Å². The second-order valence-corrected chi connectivity index (χ2v) is 1.44. The molecule has 0 aliphatic heterocycles. The molecule has 0 aromatic rings. The lowest BCUT2D eigenvalue weighted by atomic mass is 10.4. The Morgan fingerprint density at radius 2 is 1.89 bits per heavy atom. The van der Waals surface area contributed by atoms with Crippen molar-refractivity contribution in [1.29, 1.82) is 0 Å². The average Bonchev–Trinajstić information content (AvgIpc) is 1.59. The molecule has 0 heterocycles. The number of aliphatic hydroxyl groups is 1. The Bertz CT molecular complexity index is 137. The molecule has 0 aromatic carbocycles. The maximum atomic E-state index is 11.1. The van der Waals surface area contributed by atoms with Gasteiger partial charge in [0.15, 0.2) is 0 Å². The van der Waals surface area contributed by atoms with Gasteiger partial charge in [0.25, 0.3) is 0 Å². The standard InChI is InChI=1S/C5H5F3O/c1-4(9)2-3-5(6,7)8/h4,9H,1H3/t4-/m1/s1. The van der Waals surface area contributed by atoms with Crippen LogP contribution in [0.15, 0.2) is 0 Å². The Morgan fingerprint density at radius 3 is 2.00 bits per heavy atom. The van der Waals surface area contributed by atoms with Crippen LogP contribution in [0.25, 0.3) is 0 Å². The molecular formula is C5H5F3O. The van der Waals surface area contributed by atoms with E-state index < -0.39 is 12.3 Å². The molecule has 0 unspecified atom stereocenters. The van der Waals surface area contributed by atoms with Crippen LogP contribution in [0, 0.1) is 11.8 Å². The fourth-order valence-corrected chi connectivity index (χ4v) is 0.186. The quantitative estimate of drug-likeness (QED) is 0.494. The molecule has 0 aliphatic carbocycles. The molecule has 0 saturated heterocycles. The monoisotopic (exact) mass is 138 g/mol. The van der Waals surface area contributed by atoms with E-state index in [-0.39, 0.29) is 0 Å². The van der Waals surface area contributed by atoms with Crippen LogP contribution < -0.4 is 0 Å². The fraction of sp³-hybridized carbons (Fsp3) is 0.600. The highest BCUT2D eigenvalue weighted by Crippen LogP contribution is 2.11. The van der Waals surface area contributed by atoms with E-state index in [1.807, 2.05) is 0 Å². The number of rotatable bonds is 0. The first kappa shape index (κ1) is 8.31. The highest BCUT2D eigenvalue weighted by atomic mass is 19.4. The predicted octanol–water partition coefficient (Wildman–Crippen LogP) is 0.933. The Balaban J connectivity index is 3.88. The Hall–Kier alpha value is -0.690. The van der Waals surface area contributed by atoms with Crippen molar-refractivity contribution in [2.45, 2.75) is 19.2 Å². The van der Waals surface area contributed by atoms with Gasteiger partial charge in [-0.05, 0) is 6.92 Å². The Morgan fingerprint density at radius 1 is 1.44 bits per heavy atom. The zero-order valence-corrected chi connectivity index (χ0v) is 4.66. The molecule has 0 bridgehead atoms. The number of aliphatic hydroxyl groups excluding tert-OH is 1.